The number of aromatic nitrogens is 1. The Labute approximate surface area is 155 Å². The molecule has 1 aromatic heterocycles. The predicted molar refractivity (Wildman–Crippen MR) is 104 cm³/mol. The number of thiazole rings is 1. The zero-order valence-corrected chi connectivity index (χ0v) is 16.2. The van der Waals surface area contributed by atoms with Gasteiger partial charge in [0.25, 0.3) is 10.0 Å². The van der Waals surface area contributed by atoms with Crippen molar-refractivity contribution >= 4 is 43.2 Å². The van der Waals surface area contributed by atoms with Gasteiger partial charge in [-0.25, -0.2) is 0 Å². The summed E-state index contributed by atoms with van der Waals surface area (Å²) >= 11 is 7.20. The molecule has 2 aromatic carbocycles. The Kier molecular flexibility index (Phi) is 4.86. The van der Waals surface area contributed by atoms with Crippen molar-refractivity contribution in [3.8, 4) is 0 Å². The molecule has 0 fully saturated rings. The number of sulfonamides is 1. The van der Waals surface area contributed by atoms with E-state index in [1.54, 1.807) is 18.2 Å². The molecule has 3 rings (SSSR count). The summed E-state index contributed by atoms with van der Waals surface area (Å²) in [6, 6.07) is 10.1. The van der Waals surface area contributed by atoms with Crippen LogP contribution < -0.4 is 4.80 Å². The van der Waals surface area contributed by atoms with Gasteiger partial charge < -0.3 is 4.57 Å². The van der Waals surface area contributed by atoms with Crippen LogP contribution in [0.25, 0.3) is 10.2 Å². The van der Waals surface area contributed by atoms with E-state index in [1.807, 2.05) is 24.5 Å². The van der Waals surface area contributed by atoms with E-state index in [2.05, 4.69) is 17.0 Å². The summed E-state index contributed by atoms with van der Waals surface area (Å²) in [7, 11) is -3.82. The van der Waals surface area contributed by atoms with Gasteiger partial charge in [0.05, 0.1) is 15.1 Å². The van der Waals surface area contributed by atoms with Crippen LogP contribution in [-0.2, 0) is 16.6 Å². The van der Waals surface area contributed by atoms with Gasteiger partial charge in [-0.1, -0.05) is 35.1 Å². The highest BCUT2D eigenvalue weighted by Crippen LogP contribution is 2.24. The molecule has 0 spiro atoms. The van der Waals surface area contributed by atoms with Crippen LogP contribution in [0.1, 0.15) is 11.1 Å². The second kappa shape index (κ2) is 6.78. The molecule has 4 nitrogen and oxygen atoms in total. The molecule has 0 atom stereocenters. The number of hydrogen-bond donors (Lipinski definition) is 0. The Morgan fingerprint density at radius 3 is 2.56 bits per heavy atom. The standard InChI is InChI=1S/C18H17ClN2O2S2/c1-4-9-21-16-11-12(2)10-13(3)17(16)24-18(21)20-25(22,23)15-7-5-14(19)6-8-15/h4-8,10-11H,1,9H2,2-3H3/b20-18-. The highest BCUT2D eigenvalue weighted by molar-refractivity contribution is 7.90. The van der Waals surface area contributed by atoms with Crippen molar-refractivity contribution in [3.63, 3.8) is 0 Å². The van der Waals surface area contributed by atoms with Crippen molar-refractivity contribution < 1.29 is 8.42 Å². The van der Waals surface area contributed by atoms with Crippen molar-refractivity contribution in [2.75, 3.05) is 0 Å². The number of aryl methyl sites for hydroxylation is 2. The Hall–Kier alpha value is -1.89. The molecule has 0 bridgehead atoms. The highest BCUT2D eigenvalue weighted by atomic mass is 35.5. The smallest absolute Gasteiger partial charge is 0.285 e. The fourth-order valence-corrected chi connectivity index (χ4v) is 5.07. The molecule has 0 N–H and O–H groups in total. The molecule has 0 radical (unpaired) electrons. The average molecular weight is 393 g/mol. The molecule has 1 heterocycles. The predicted octanol–water partition coefficient (Wildman–Crippen LogP) is 4.45. The molecule has 25 heavy (non-hydrogen) atoms. The first kappa shape index (κ1) is 17.9. The summed E-state index contributed by atoms with van der Waals surface area (Å²) in [5.74, 6) is 0. The van der Waals surface area contributed by atoms with Gasteiger partial charge in [-0.2, -0.15) is 8.42 Å². The van der Waals surface area contributed by atoms with Crippen LogP contribution in [0.15, 0.2) is 58.3 Å². The first-order chi connectivity index (χ1) is 11.8. The first-order valence-electron chi connectivity index (χ1n) is 7.60. The molecular formula is C18H17ClN2O2S2. The minimum Gasteiger partial charge on any atom is -0.312 e. The van der Waals surface area contributed by atoms with E-state index < -0.39 is 10.0 Å². The lowest BCUT2D eigenvalue weighted by atomic mass is 10.1. The van der Waals surface area contributed by atoms with Crippen LogP contribution in [0.2, 0.25) is 5.02 Å². The number of fused-ring (bicyclic) bond motifs is 1. The van der Waals surface area contributed by atoms with Crippen molar-refractivity contribution in [2.24, 2.45) is 4.40 Å². The lowest BCUT2D eigenvalue weighted by molar-refractivity contribution is 0.596. The van der Waals surface area contributed by atoms with E-state index in [4.69, 9.17) is 11.6 Å². The van der Waals surface area contributed by atoms with Gasteiger partial charge in [-0.05, 0) is 55.3 Å². The third-order valence-corrected chi connectivity index (χ3v) is 6.61. The maximum absolute atomic E-state index is 12.7. The third kappa shape index (κ3) is 3.56. The topological polar surface area (TPSA) is 51.4 Å². The van der Waals surface area contributed by atoms with E-state index in [9.17, 15) is 8.42 Å². The number of benzene rings is 2. The third-order valence-electron chi connectivity index (χ3n) is 3.74. The number of halogens is 1. The number of rotatable bonds is 4. The Bertz CT molecular complexity index is 1120. The van der Waals surface area contributed by atoms with E-state index in [0.717, 1.165) is 21.3 Å². The van der Waals surface area contributed by atoms with E-state index >= 15 is 0 Å². The molecular weight excluding hydrogens is 376 g/mol. The van der Waals surface area contributed by atoms with Gasteiger partial charge in [0, 0.05) is 11.6 Å². The molecule has 0 amide bonds. The lowest BCUT2D eigenvalue weighted by Gasteiger charge is -2.04. The van der Waals surface area contributed by atoms with Gasteiger partial charge >= 0.3 is 0 Å². The quantitative estimate of drug-likeness (QED) is 0.616. The van der Waals surface area contributed by atoms with E-state index in [-0.39, 0.29) is 4.90 Å². The molecule has 0 aliphatic rings. The lowest BCUT2D eigenvalue weighted by Crippen LogP contribution is -2.16. The van der Waals surface area contributed by atoms with Gasteiger partial charge in [0.15, 0.2) is 0 Å². The molecule has 7 heteroatoms. The molecule has 0 aliphatic carbocycles. The second-order valence-electron chi connectivity index (χ2n) is 5.73. The Balaban J connectivity index is 2.28. The molecule has 0 unspecified atom stereocenters. The number of allylic oxidation sites excluding steroid dienone is 1. The van der Waals surface area contributed by atoms with Gasteiger partial charge in [-0.3, -0.25) is 0 Å². The minimum atomic E-state index is -3.82. The summed E-state index contributed by atoms with van der Waals surface area (Å²) in [6.07, 6.45) is 1.73. The average Bonchev–Trinajstić information content (AvgIpc) is 2.86. The van der Waals surface area contributed by atoms with Crippen molar-refractivity contribution in [1.82, 2.24) is 4.57 Å². The largest absolute Gasteiger partial charge is 0.312 e. The van der Waals surface area contributed by atoms with Crippen LogP contribution in [-0.4, -0.2) is 13.0 Å². The number of nitrogens with zero attached hydrogens (tertiary/aromatic N) is 2. The first-order valence-corrected chi connectivity index (χ1v) is 10.2. The monoisotopic (exact) mass is 392 g/mol. The van der Waals surface area contributed by atoms with Crippen molar-refractivity contribution in [1.29, 1.82) is 0 Å². The zero-order valence-electron chi connectivity index (χ0n) is 13.9. The fraction of sp³-hybridized carbons (Fsp3) is 0.167. The SMILES string of the molecule is C=CCn1/c(=N/S(=O)(=O)c2ccc(Cl)cc2)sc2c(C)cc(C)cc21. The molecule has 0 saturated carbocycles. The van der Waals surface area contributed by atoms with Crippen LogP contribution in [0.5, 0.6) is 0 Å². The Morgan fingerprint density at radius 2 is 1.92 bits per heavy atom. The molecule has 0 aliphatic heterocycles. The van der Waals surface area contributed by atoms with Gasteiger partial charge in [0.1, 0.15) is 0 Å². The minimum absolute atomic E-state index is 0.118. The normalized spacial score (nSPS) is 12.7. The van der Waals surface area contributed by atoms with Gasteiger partial charge in [-0.15, -0.1) is 11.0 Å². The number of hydrogen-bond acceptors (Lipinski definition) is 3. The summed E-state index contributed by atoms with van der Waals surface area (Å²) in [4.78, 5) is 0.547. The maximum Gasteiger partial charge on any atom is 0.285 e. The summed E-state index contributed by atoms with van der Waals surface area (Å²) in [5.41, 5.74) is 3.18. The maximum atomic E-state index is 12.7. The summed E-state index contributed by atoms with van der Waals surface area (Å²) in [5, 5.41) is 0.480. The fourth-order valence-electron chi connectivity index (χ4n) is 2.65. The summed E-state index contributed by atoms with van der Waals surface area (Å²) < 4.78 is 32.3. The molecule has 130 valence electrons. The van der Waals surface area contributed by atoms with Crippen LogP contribution in [0.4, 0.5) is 0 Å². The van der Waals surface area contributed by atoms with E-state index in [0.29, 0.717) is 16.4 Å². The van der Waals surface area contributed by atoms with E-state index in [1.165, 1.54) is 23.5 Å². The molecule has 3 aromatic rings. The second-order valence-corrected chi connectivity index (χ2v) is 8.75. The van der Waals surface area contributed by atoms with Crippen LogP contribution in [0.3, 0.4) is 0 Å². The van der Waals surface area contributed by atoms with Crippen molar-refractivity contribution in [2.45, 2.75) is 25.3 Å². The van der Waals surface area contributed by atoms with Crippen LogP contribution >= 0.6 is 22.9 Å². The molecule has 0 saturated heterocycles. The Morgan fingerprint density at radius 1 is 1.24 bits per heavy atom. The van der Waals surface area contributed by atoms with Crippen molar-refractivity contribution in [3.05, 3.63) is 70.0 Å². The van der Waals surface area contributed by atoms with Gasteiger partial charge in [0.2, 0.25) is 4.80 Å². The van der Waals surface area contributed by atoms with Crippen LogP contribution in [0, 0.1) is 13.8 Å². The zero-order chi connectivity index (χ0) is 18.2. The highest BCUT2D eigenvalue weighted by Gasteiger charge is 2.15. The summed E-state index contributed by atoms with van der Waals surface area (Å²) in [6.45, 7) is 8.29.